The number of benzene rings is 1. The van der Waals surface area contributed by atoms with E-state index in [0.29, 0.717) is 5.02 Å². The first-order valence-electron chi connectivity index (χ1n) is 6.39. The van der Waals surface area contributed by atoms with Gasteiger partial charge in [-0.3, -0.25) is 4.98 Å². The summed E-state index contributed by atoms with van der Waals surface area (Å²) in [6.07, 6.45) is 4.08. The summed E-state index contributed by atoms with van der Waals surface area (Å²) < 4.78 is 6.89. The standard InChI is InChI=1S/C15H16BrClN2O/c1-2-13(18)15(10-5-7-19-8-6-10)20-14-4-3-11(17)9-12(14)16/h3-9,13,15H,2,18H2,1H3. The molecular weight excluding hydrogens is 340 g/mol. The van der Waals surface area contributed by atoms with Gasteiger partial charge in [0.05, 0.1) is 4.47 Å². The average molecular weight is 356 g/mol. The Kier molecular flexibility index (Phi) is 5.40. The summed E-state index contributed by atoms with van der Waals surface area (Å²) in [4.78, 5) is 4.03. The van der Waals surface area contributed by atoms with Crippen molar-refractivity contribution < 1.29 is 4.74 Å². The molecule has 1 aromatic carbocycles. The minimum atomic E-state index is -0.222. The van der Waals surface area contributed by atoms with Crippen molar-refractivity contribution in [3.8, 4) is 5.75 Å². The highest BCUT2D eigenvalue weighted by molar-refractivity contribution is 9.10. The zero-order valence-electron chi connectivity index (χ0n) is 11.1. The molecule has 0 aliphatic heterocycles. The molecule has 0 spiro atoms. The molecule has 0 bridgehead atoms. The first-order chi connectivity index (χ1) is 9.61. The van der Waals surface area contributed by atoms with Crippen molar-refractivity contribution in [3.63, 3.8) is 0 Å². The fourth-order valence-electron chi connectivity index (χ4n) is 1.88. The molecule has 106 valence electrons. The Morgan fingerprint density at radius 1 is 1.30 bits per heavy atom. The molecule has 5 heteroatoms. The second kappa shape index (κ2) is 7.07. The van der Waals surface area contributed by atoms with Crippen LogP contribution in [0.15, 0.2) is 47.2 Å². The van der Waals surface area contributed by atoms with Crippen LogP contribution in [0.2, 0.25) is 5.02 Å². The van der Waals surface area contributed by atoms with Gasteiger partial charge in [-0.2, -0.15) is 0 Å². The van der Waals surface area contributed by atoms with Crippen LogP contribution in [0.5, 0.6) is 5.75 Å². The summed E-state index contributed by atoms with van der Waals surface area (Å²) in [6, 6.07) is 9.18. The topological polar surface area (TPSA) is 48.1 Å². The second-order valence-electron chi connectivity index (χ2n) is 4.47. The molecule has 2 rings (SSSR count). The van der Waals surface area contributed by atoms with Gasteiger partial charge in [0.15, 0.2) is 0 Å². The van der Waals surface area contributed by atoms with Crippen molar-refractivity contribution in [1.29, 1.82) is 0 Å². The van der Waals surface area contributed by atoms with Crippen LogP contribution in [0.3, 0.4) is 0 Å². The Labute approximate surface area is 132 Å². The van der Waals surface area contributed by atoms with Gasteiger partial charge in [0.25, 0.3) is 0 Å². The Hall–Kier alpha value is -1.10. The third-order valence-corrected chi connectivity index (χ3v) is 3.90. The van der Waals surface area contributed by atoms with Crippen molar-refractivity contribution in [2.24, 2.45) is 5.73 Å². The summed E-state index contributed by atoms with van der Waals surface area (Å²) in [7, 11) is 0. The van der Waals surface area contributed by atoms with Gasteiger partial charge < -0.3 is 10.5 Å². The predicted octanol–water partition coefficient (Wildman–Crippen LogP) is 4.35. The van der Waals surface area contributed by atoms with E-state index in [4.69, 9.17) is 22.1 Å². The lowest BCUT2D eigenvalue weighted by Gasteiger charge is -2.25. The molecule has 1 aromatic heterocycles. The molecule has 0 radical (unpaired) electrons. The molecule has 2 N–H and O–H groups in total. The van der Waals surface area contributed by atoms with Crippen molar-refractivity contribution >= 4 is 27.5 Å². The Morgan fingerprint density at radius 3 is 2.60 bits per heavy atom. The Bertz CT molecular complexity index is 565. The minimum Gasteiger partial charge on any atom is -0.483 e. The third kappa shape index (κ3) is 3.72. The highest BCUT2D eigenvalue weighted by atomic mass is 79.9. The van der Waals surface area contributed by atoms with E-state index in [1.807, 2.05) is 25.1 Å². The third-order valence-electron chi connectivity index (χ3n) is 3.04. The summed E-state index contributed by atoms with van der Waals surface area (Å²) in [6.45, 7) is 2.04. The molecule has 0 aliphatic carbocycles. The van der Waals surface area contributed by atoms with Crippen LogP contribution in [0, 0.1) is 0 Å². The fraction of sp³-hybridized carbons (Fsp3) is 0.267. The molecule has 0 saturated heterocycles. The zero-order chi connectivity index (χ0) is 14.5. The van der Waals surface area contributed by atoms with Gasteiger partial charge in [-0.1, -0.05) is 18.5 Å². The number of hydrogen-bond donors (Lipinski definition) is 1. The van der Waals surface area contributed by atoms with E-state index in [0.717, 1.165) is 22.2 Å². The Balaban J connectivity index is 2.29. The van der Waals surface area contributed by atoms with Crippen LogP contribution in [-0.2, 0) is 0 Å². The quantitative estimate of drug-likeness (QED) is 0.867. The molecule has 2 aromatic rings. The SMILES string of the molecule is CCC(N)C(Oc1ccc(Cl)cc1Br)c1ccncc1. The number of halogens is 2. The summed E-state index contributed by atoms with van der Waals surface area (Å²) in [5.74, 6) is 0.722. The number of aromatic nitrogens is 1. The molecular formula is C15H16BrClN2O. The molecule has 1 heterocycles. The summed E-state index contributed by atoms with van der Waals surface area (Å²) in [5.41, 5.74) is 7.20. The van der Waals surface area contributed by atoms with E-state index in [2.05, 4.69) is 20.9 Å². The lowest BCUT2D eigenvalue weighted by atomic mass is 10.0. The van der Waals surface area contributed by atoms with Crippen molar-refractivity contribution in [2.45, 2.75) is 25.5 Å². The lowest BCUT2D eigenvalue weighted by Crippen LogP contribution is -2.31. The van der Waals surface area contributed by atoms with Gasteiger partial charge in [-0.25, -0.2) is 0 Å². The maximum absolute atomic E-state index is 6.19. The Morgan fingerprint density at radius 2 is 2.00 bits per heavy atom. The van der Waals surface area contributed by atoms with Crippen LogP contribution in [-0.4, -0.2) is 11.0 Å². The van der Waals surface area contributed by atoms with E-state index < -0.39 is 0 Å². The zero-order valence-corrected chi connectivity index (χ0v) is 13.4. The molecule has 2 unspecified atom stereocenters. The minimum absolute atomic E-state index is 0.0972. The number of nitrogens with zero attached hydrogens (tertiary/aromatic N) is 1. The van der Waals surface area contributed by atoms with Gasteiger partial charge >= 0.3 is 0 Å². The number of ether oxygens (including phenoxy) is 1. The maximum Gasteiger partial charge on any atom is 0.139 e. The normalized spacial score (nSPS) is 13.8. The number of nitrogens with two attached hydrogens (primary N) is 1. The van der Waals surface area contributed by atoms with E-state index in [-0.39, 0.29) is 12.1 Å². The van der Waals surface area contributed by atoms with E-state index >= 15 is 0 Å². The van der Waals surface area contributed by atoms with Crippen molar-refractivity contribution in [1.82, 2.24) is 4.98 Å². The molecule has 0 fully saturated rings. The average Bonchev–Trinajstić information content (AvgIpc) is 2.46. The predicted molar refractivity (Wildman–Crippen MR) is 85.0 cm³/mol. The summed E-state index contributed by atoms with van der Waals surface area (Å²) in [5, 5.41) is 0.657. The number of rotatable bonds is 5. The molecule has 0 amide bonds. The maximum atomic E-state index is 6.19. The molecule has 20 heavy (non-hydrogen) atoms. The van der Waals surface area contributed by atoms with Crippen molar-refractivity contribution in [3.05, 3.63) is 57.8 Å². The highest BCUT2D eigenvalue weighted by Crippen LogP contribution is 2.32. The van der Waals surface area contributed by atoms with Crippen molar-refractivity contribution in [2.75, 3.05) is 0 Å². The fourth-order valence-corrected chi connectivity index (χ4v) is 2.65. The first kappa shape index (κ1) is 15.3. The monoisotopic (exact) mass is 354 g/mol. The largest absolute Gasteiger partial charge is 0.483 e. The molecule has 0 aliphatic rings. The molecule has 0 saturated carbocycles. The highest BCUT2D eigenvalue weighted by Gasteiger charge is 2.21. The van der Waals surface area contributed by atoms with Gasteiger partial charge in [-0.15, -0.1) is 0 Å². The molecule has 3 nitrogen and oxygen atoms in total. The van der Waals surface area contributed by atoms with E-state index in [1.165, 1.54) is 0 Å². The second-order valence-corrected chi connectivity index (χ2v) is 5.76. The van der Waals surface area contributed by atoms with Crippen LogP contribution >= 0.6 is 27.5 Å². The number of hydrogen-bond acceptors (Lipinski definition) is 3. The van der Waals surface area contributed by atoms with Crippen LogP contribution in [0.25, 0.3) is 0 Å². The lowest BCUT2D eigenvalue weighted by molar-refractivity contribution is 0.170. The van der Waals surface area contributed by atoms with Crippen LogP contribution in [0.1, 0.15) is 25.0 Å². The van der Waals surface area contributed by atoms with Crippen LogP contribution < -0.4 is 10.5 Å². The smallest absolute Gasteiger partial charge is 0.139 e. The van der Waals surface area contributed by atoms with E-state index in [9.17, 15) is 0 Å². The summed E-state index contributed by atoms with van der Waals surface area (Å²) >= 11 is 9.40. The number of pyridine rings is 1. The van der Waals surface area contributed by atoms with E-state index in [1.54, 1.807) is 24.5 Å². The van der Waals surface area contributed by atoms with Gasteiger partial charge in [-0.05, 0) is 58.2 Å². The van der Waals surface area contributed by atoms with Crippen LogP contribution in [0.4, 0.5) is 0 Å². The van der Waals surface area contributed by atoms with Gasteiger partial charge in [0, 0.05) is 23.5 Å². The van der Waals surface area contributed by atoms with Gasteiger partial charge in [0.1, 0.15) is 11.9 Å². The van der Waals surface area contributed by atoms with Gasteiger partial charge in [0.2, 0.25) is 0 Å². The molecule has 2 atom stereocenters. The first-order valence-corrected chi connectivity index (χ1v) is 7.56.